The van der Waals surface area contributed by atoms with Crippen LogP contribution < -0.4 is 15.4 Å². The van der Waals surface area contributed by atoms with Gasteiger partial charge in [0.15, 0.2) is 5.13 Å². The number of hydrogen-bond acceptors (Lipinski definition) is 5. The number of carbonyl (C=O) groups excluding carboxylic acids is 2. The summed E-state index contributed by atoms with van der Waals surface area (Å²) in [6, 6.07) is 14.2. The molecule has 162 valence electrons. The molecule has 2 N–H and O–H groups in total. The summed E-state index contributed by atoms with van der Waals surface area (Å²) in [6.45, 7) is 7.72. The number of methoxy groups -OCH3 is 1. The fraction of sp³-hybridized carbons (Fsp3) is 0.292. The maximum absolute atomic E-state index is 12.9. The van der Waals surface area contributed by atoms with Crippen LogP contribution in [-0.2, 0) is 4.79 Å². The number of ether oxygens (including phenoxy) is 1. The third-order valence-electron chi connectivity index (χ3n) is 4.94. The Balaban J connectivity index is 1.73. The van der Waals surface area contributed by atoms with Gasteiger partial charge in [-0.3, -0.25) is 9.59 Å². The van der Waals surface area contributed by atoms with Crippen molar-refractivity contribution in [1.82, 2.24) is 10.3 Å². The maximum Gasteiger partial charge on any atom is 0.251 e. The van der Waals surface area contributed by atoms with Crippen molar-refractivity contribution in [3.05, 3.63) is 64.5 Å². The number of aryl methyl sites for hydroxylation is 2. The molecule has 1 unspecified atom stereocenters. The zero-order chi connectivity index (χ0) is 22.5. The second-order valence-corrected chi connectivity index (χ2v) is 8.91. The van der Waals surface area contributed by atoms with Gasteiger partial charge in [-0.2, -0.15) is 0 Å². The molecule has 0 aliphatic rings. The largest absolute Gasteiger partial charge is 0.497 e. The quantitative estimate of drug-likeness (QED) is 0.555. The number of amides is 2. The molecule has 2 amide bonds. The van der Waals surface area contributed by atoms with E-state index in [0.29, 0.717) is 10.7 Å². The summed E-state index contributed by atoms with van der Waals surface area (Å²) < 4.78 is 5.20. The van der Waals surface area contributed by atoms with Crippen LogP contribution >= 0.6 is 11.3 Å². The molecule has 6 nitrogen and oxygen atoms in total. The molecule has 1 heterocycles. The maximum atomic E-state index is 12.9. The van der Waals surface area contributed by atoms with E-state index in [2.05, 4.69) is 15.6 Å². The van der Waals surface area contributed by atoms with E-state index in [4.69, 9.17) is 4.74 Å². The van der Waals surface area contributed by atoms with Crippen molar-refractivity contribution in [3.63, 3.8) is 0 Å². The molecular formula is C24H27N3O3S. The lowest BCUT2D eigenvalue weighted by Crippen LogP contribution is -2.47. The van der Waals surface area contributed by atoms with Crippen LogP contribution in [0.3, 0.4) is 0 Å². The molecule has 0 fully saturated rings. The van der Waals surface area contributed by atoms with E-state index in [0.717, 1.165) is 27.4 Å². The Morgan fingerprint density at radius 3 is 2.23 bits per heavy atom. The first-order valence-electron chi connectivity index (χ1n) is 10.1. The minimum absolute atomic E-state index is 0.0866. The molecule has 7 heteroatoms. The lowest BCUT2D eigenvalue weighted by molar-refractivity contribution is -0.118. The fourth-order valence-corrected chi connectivity index (χ4v) is 3.95. The molecule has 0 bridgehead atoms. The summed E-state index contributed by atoms with van der Waals surface area (Å²) in [5.74, 6) is 0.124. The average Bonchev–Trinajstić information content (AvgIpc) is 3.11. The highest BCUT2D eigenvalue weighted by Crippen LogP contribution is 2.31. The smallest absolute Gasteiger partial charge is 0.251 e. The Bertz CT molecular complexity index is 1060. The van der Waals surface area contributed by atoms with Crippen LogP contribution in [0.5, 0.6) is 5.75 Å². The topological polar surface area (TPSA) is 80.3 Å². The van der Waals surface area contributed by atoms with Crippen LogP contribution in [0.15, 0.2) is 48.5 Å². The zero-order valence-electron chi connectivity index (χ0n) is 18.4. The van der Waals surface area contributed by atoms with Crippen molar-refractivity contribution in [2.75, 3.05) is 12.4 Å². The highest BCUT2D eigenvalue weighted by atomic mass is 32.1. The van der Waals surface area contributed by atoms with E-state index in [1.54, 1.807) is 19.2 Å². The van der Waals surface area contributed by atoms with Gasteiger partial charge < -0.3 is 15.4 Å². The second kappa shape index (κ2) is 9.75. The highest BCUT2D eigenvalue weighted by molar-refractivity contribution is 7.16. The van der Waals surface area contributed by atoms with Crippen molar-refractivity contribution in [2.45, 2.75) is 33.7 Å². The number of hydrogen-bond donors (Lipinski definition) is 2. The zero-order valence-corrected chi connectivity index (χ0v) is 19.2. The van der Waals surface area contributed by atoms with E-state index >= 15 is 0 Å². The number of carbonyl (C=O) groups is 2. The Morgan fingerprint density at radius 2 is 1.65 bits per heavy atom. The average molecular weight is 438 g/mol. The third-order valence-corrected chi connectivity index (χ3v) is 5.83. The molecule has 0 aliphatic heterocycles. The van der Waals surface area contributed by atoms with E-state index in [-0.39, 0.29) is 17.7 Å². The number of nitrogens with one attached hydrogen (secondary N) is 2. The van der Waals surface area contributed by atoms with Crippen LogP contribution in [0.4, 0.5) is 5.13 Å². The number of thiazole rings is 1. The number of benzene rings is 2. The molecule has 0 radical (unpaired) electrons. The van der Waals surface area contributed by atoms with Crippen molar-refractivity contribution >= 4 is 28.3 Å². The van der Waals surface area contributed by atoms with Gasteiger partial charge in [-0.25, -0.2) is 4.98 Å². The van der Waals surface area contributed by atoms with E-state index in [1.165, 1.54) is 11.3 Å². The van der Waals surface area contributed by atoms with Crippen LogP contribution in [0.2, 0.25) is 0 Å². The monoisotopic (exact) mass is 437 g/mol. The summed E-state index contributed by atoms with van der Waals surface area (Å²) in [5.41, 5.74) is 3.35. The normalized spacial score (nSPS) is 11.8. The van der Waals surface area contributed by atoms with Gasteiger partial charge in [0.2, 0.25) is 5.91 Å². The molecule has 1 aromatic heterocycles. The molecule has 0 saturated carbocycles. The van der Waals surface area contributed by atoms with Crippen molar-refractivity contribution < 1.29 is 14.3 Å². The number of nitrogens with zero attached hydrogens (tertiary/aromatic N) is 1. The molecule has 0 saturated heterocycles. The van der Waals surface area contributed by atoms with Crippen molar-refractivity contribution in [2.24, 2.45) is 5.92 Å². The molecule has 2 aromatic carbocycles. The molecule has 0 spiro atoms. The lowest BCUT2D eigenvalue weighted by Gasteiger charge is -2.21. The lowest BCUT2D eigenvalue weighted by atomic mass is 10.0. The molecular weight excluding hydrogens is 410 g/mol. The van der Waals surface area contributed by atoms with Gasteiger partial charge >= 0.3 is 0 Å². The SMILES string of the molecule is COc1ccc(-c2nc(NC(=O)C(NC(=O)c3ccc(C)cc3)C(C)C)sc2C)cc1. The van der Waals surface area contributed by atoms with Crippen molar-refractivity contribution in [3.8, 4) is 17.0 Å². The fourth-order valence-electron chi connectivity index (χ4n) is 3.11. The van der Waals surface area contributed by atoms with Gasteiger partial charge in [-0.15, -0.1) is 11.3 Å². The van der Waals surface area contributed by atoms with Crippen LogP contribution in [0.1, 0.15) is 34.6 Å². The van der Waals surface area contributed by atoms with E-state index < -0.39 is 6.04 Å². The Morgan fingerprint density at radius 1 is 1.00 bits per heavy atom. The summed E-state index contributed by atoms with van der Waals surface area (Å²) in [6.07, 6.45) is 0. The minimum atomic E-state index is -0.678. The van der Waals surface area contributed by atoms with Gasteiger partial charge in [0.25, 0.3) is 5.91 Å². The molecule has 31 heavy (non-hydrogen) atoms. The first-order valence-corrected chi connectivity index (χ1v) is 10.9. The summed E-state index contributed by atoms with van der Waals surface area (Å²) >= 11 is 1.41. The van der Waals surface area contributed by atoms with Gasteiger partial charge in [0, 0.05) is 16.0 Å². The first-order chi connectivity index (χ1) is 14.8. The van der Waals surface area contributed by atoms with Crippen molar-refractivity contribution in [1.29, 1.82) is 0 Å². The van der Waals surface area contributed by atoms with Gasteiger partial charge in [0.1, 0.15) is 11.8 Å². The highest BCUT2D eigenvalue weighted by Gasteiger charge is 2.26. The van der Waals surface area contributed by atoms with Gasteiger partial charge in [-0.05, 0) is 56.2 Å². The predicted octanol–water partition coefficient (Wildman–Crippen LogP) is 4.83. The van der Waals surface area contributed by atoms with Gasteiger partial charge in [-0.1, -0.05) is 31.5 Å². The predicted molar refractivity (Wildman–Crippen MR) is 125 cm³/mol. The Kier molecular flexibility index (Phi) is 7.07. The van der Waals surface area contributed by atoms with Crippen LogP contribution in [0.25, 0.3) is 11.3 Å². The number of rotatable bonds is 7. The standard InChI is InChI=1S/C24H27N3O3S/c1-14(2)20(25-22(28)18-8-6-15(3)7-9-18)23(29)27-24-26-21(16(4)31-24)17-10-12-19(30-5)13-11-17/h6-14,20H,1-5H3,(H,25,28)(H,26,27,29). The first kappa shape index (κ1) is 22.5. The number of aromatic nitrogens is 1. The summed E-state index contributed by atoms with van der Waals surface area (Å²) in [5, 5.41) is 6.23. The number of anilines is 1. The molecule has 0 aliphatic carbocycles. The second-order valence-electron chi connectivity index (χ2n) is 7.70. The Hall–Kier alpha value is -3.19. The third kappa shape index (κ3) is 5.49. The molecule has 3 rings (SSSR count). The molecule has 1 atom stereocenters. The van der Waals surface area contributed by atoms with E-state index in [9.17, 15) is 9.59 Å². The Labute approximate surface area is 186 Å². The molecule has 3 aromatic rings. The van der Waals surface area contributed by atoms with E-state index in [1.807, 2.05) is 64.1 Å². The van der Waals surface area contributed by atoms with Crippen LogP contribution in [0, 0.1) is 19.8 Å². The minimum Gasteiger partial charge on any atom is -0.497 e. The van der Waals surface area contributed by atoms with Crippen LogP contribution in [-0.4, -0.2) is 29.9 Å². The van der Waals surface area contributed by atoms with Gasteiger partial charge in [0.05, 0.1) is 12.8 Å². The summed E-state index contributed by atoms with van der Waals surface area (Å²) in [4.78, 5) is 31.1. The summed E-state index contributed by atoms with van der Waals surface area (Å²) in [7, 11) is 1.62.